The lowest BCUT2D eigenvalue weighted by Gasteiger charge is -2.11. The van der Waals surface area contributed by atoms with Gasteiger partial charge in [-0.1, -0.05) is 0 Å². The minimum atomic E-state index is -4.73. The van der Waals surface area contributed by atoms with Gasteiger partial charge in [-0.3, -0.25) is 0 Å². The maximum atomic E-state index is 12.2. The number of alkyl halides is 4. The number of thioether (sulfide) groups is 1. The van der Waals surface area contributed by atoms with Crippen LogP contribution in [0.25, 0.3) is 0 Å². The fourth-order valence-electron chi connectivity index (χ4n) is 0.554. The van der Waals surface area contributed by atoms with Crippen molar-refractivity contribution in [3.63, 3.8) is 0 Å². The molecule has 0 radical (unpaired) electrons. The molecule has 0 aromatic carbocycles. The maximum Gasteiger partial charge on any atom is 0.407 e. The first-order valence-corrected chi connectivity index (χ1v) is 3.37. The summed E-state index contributed by atoms with van der Waals surface area (Å²) >= 11 is -0.181. The molecule has 0 saturated carbocycles. The van der Waals surface area contributed by atoms with Crippen LogP contribution < -0.4 is 0 Å². The Bertz CT molecular complexity index is 179. The molecule has 64 valence electrons. The lowest BCUT2D eigenvalue weighted by Crippen LogP contribution is -2.31. The van der Waals surface area contributed by atoms with E-state index >= 15 is 0 Å². The molecule has 2 nitrogen and oxygen atoms in total. The lowest BCUT2D eigenvalue weighted by molar-refractivity contribution is -0.158. The van der Waals surface area contributed by atoms with Crippen molar-refractivity contribution in [1.29, 1.82) is 0 Å². The second-order valence-corrected chi connectivity index (χ2v) is 2.88. The zero-order valence-electron chi connectivity index (χ0n) is 4.89. The number of carbonyl (C=O) groups is 1. The molecule has 1 aliphatic rings. The third-order valence-corrected chi connectivity index (χ3v) is 2.02. The van der Waals surface area contributed by atoms with Crippen LogP contribution in [0.1, 0.15) is 0 Å². The summed E-state index contributed by atoms with van der Waals surface area (Å²) in [5.41, 5.74) is 0. The van der Waals surface area contributed by atoms with Gasteiger partial charge in [0.15, 0.2) is 5.25 Å². The van der Waals surface area contributed by atoms with Gasteiger partial charge < -0.3 is 4.74 Å². The predicted molar refractivity (Wildman–Crippen MR) is 28.8 cm³/mol. The molecule has 2 atom stereocenters. The Morgan fingerprint density at radius 3 is 2.18 bits per heavy atom. The first-order valence-electron chi connectivity index (χ1n) is 2.49. The van der Waals surface area contributed by atoms with Gasteiger partial charge >= 0.3 is 11.5 Å². The van der Waals surface area contributed by atoms with Gasteiger partial charge in [-0.05, 0) is 11.8 Å². The average Bonchev–Trinajstić information content (AvgIpc) is 2.08. The van der Waals surface area contributed by atoms with E-state index in [1.54, 1.807) is 0 Å². The average molecular weight is 190 g/mol. The molecule has 1 saturated heterocycles. The van der Waals surface area contributed by atoms with Crippen molar-refractivity contribution in [2.75, 3.05) is 0 Å². The topological polar surface area (TPSA) is 26.3 Å². The molecule has 0 spiro atoms. The maximum absolute atomic E-state index is 12.2. The van der Waals surface area contributed by atoms with Crippen molar-refractivity contribution < 1.29 is 27.1 Å². The number of hydrogen-bond donors (Lipinski definition) is 0. The van der Waals surface area contributed by atoms with Crippen LogP contribution in [0.4, 0.5) is 22.4 Å². The van der Waals surface area contributed by atoms with E-state index in [0.717, 1.165) is 0 Å². The van der Waals surface area contributed by atoms with Crippen LogP contribution in [-0.4, -0.2) is 23.1 Å². The van der Waals surface area contributed by atoms with E-state index in [2.05, 4.69) is 4.74 Å². The Kier molecular flexibility index (Phi) is 2.00. The van der Waals surface area contributed by atoms with E-state index in [4.69, 9.17) is 0 Å². The van der Waals surface area contributed by atoms with Crippen molar-refractivity contribution in [3.05, 3.63) is 0 Å². The predicted octanol–water partition coefficient (Wildman–Crippen LogP) is 2.10. The first kappa shape index (κ1) is 8.63. The van der Waals surface area contributed by atoms with Gasteiger partial charge in [0.25, 0.3) is 6.36 Å². The summed E-state index contributed by atoms with van der Waals surface area (Å²) < 4.78 is 50.9. The first-order chi connectivity index (χ1) is 4.91. The number of carbonyl (C=O) groups excluding carboxylic acids is 1. The minimum Gasteiger partial charge on any atom is -0.421 e. The third kappa shape index (κ3) is 1.76. The Labute approximate surface area is 62.9 Å². The summed E-state index contributed by atoms with van der Waals surface area (Å²) in [6, 6.07) is 0. The summed E-state index contributed by atoms with van der Waals surface area (Å²) in [6.07, 6.45) is -7.29. The second kappa shape index (κ2) is 2.54. The molecule has 11 heavy (non-hydrogen) atoms. The molecular weight excluding hydrogens is 188 g/mol. The second-order valence-electron chi connectivity index (χ2n) is 1.80. The van der Waals surface area contributed by atoms with Crippen LogP contribution in [0.2, 0.25) is 0 Å². The van der Waals surface area contributed by atoms with E-state index in [1.807, 2.05) is 0 Å². The molecule has 2 unspecified atom stereocenters. The molecule has 1 fully saturated rings. The molecular formula is C4H2F4O2S. The molecule has 1 rings (SSSR count). The standard InChI is InChI=1S/C4H2F4O2S/c5-2-1(4(6,7)8)11-3(9)10-2/h1-2H. The van der Waals surface area contributed by atoms with E-state index in [9.17, 15) is 22.4 Å². The monoisotopic (exact) mass is 190 g/mol. The van der Waals surface area contributed by atoms with E-state index in [0.29, 0.717) is 0 Å². The van der Waals surface area contributed by atoms with Crippen LogP contribution in [0.3, 0.4) is 0 Å². The largest absolute Gasteiger partial charge is 0.421 e. The van der Waals surface area contributed by atoms with Crippen LogP contribution >= 0.6 is 11.8 Å². The molecule has 1 aliphatic heterocycles. The molecule has 7 heteroatoms. The smallest absolute Gasteiger partial charge is 0.407 e. The fraction of sp³-hybridized carbons (Fsp3) is 0.750. The van der Waals surface area contributed by atoms with Crippen molar-refractivity contribution >= 4 is 17.1 Å². The van der Waals surface area contributed by atoms with E-state index < -0.39 is 23.1 Å². The Morgan fingerprint density at radius 2 is 2.00 bits per heavy atom. The number of hydrogen-bond acceptors (Lipinski definition) is 3. The Hall–Kier alpha value is -0.460. The summed E-state index contributed by atoms with van der Waals surface area (Å²) in [4.78, 5) is 10.1. The van der Waals surface area contributed by atoms with Crippen LogP contribution in [0.15, 0.2) is 0 Å². The van der Waals surface area contributed by atoms with Crippen LogP contribution in [0, 0.1) is 0 Å². The van der Waals surface area contributed by atoms with Gasteiger partial charge in [0.2, 0.25) is 0 Å². The summed E-state index contributed by atoms with van der Waals surface area (Å²) in [5.74, 6) is 0. The van der Waals surface area contributed by atoms with Gasteiger partial charge in [0.05, 0.1) is 0 Å². The summed E-state index contributed by atoms with van der Waals surface area (Å²) in [6.45, 7) is 0. The number of halogens is 4. The highest BCUT2D eigenvalue weighted by atomic mass is 32.2. The van der Waals surface area contributed by atoms with Crippen LogP contribution in [-0.2, 0) is 4.74 Å². The van der Waals surface area contributed by atoms with Crippen LogP contribution in [0.5, 0.6) is 0 Å². The van der Waals surface area contributed by atoms with Crippen molar-refractivity contribution in [1.82, 2.24) is 0 Å². The highest BCUT2D eigenvalue weighted by Gasteiger charge is 2.53. The van der Waals surface area contributed by atoms with Crippen molar-refractivity contribution in [3.8, 4) is 0 Å². The molecule has 1 heterocycles. The molecule has 0 bridgehead atoms. The SMILES string of the molecule is O=C1OC(F)C(C(F)(F)F)S1. The quantitative estimate of drug-likeness (QED) is 0.432. The summed E-state index contributed by atoms with van der Waals surface area (Å²) in [5, 5.41) is -3.59. The van der Waals surface area contributed by atoms with E-state index in [-0.39, 0.29) is 11.8 Å². The summed E-state index contributed by atoms with van der Waals surface area (Å²) in [7, 11) is 0. The van der Waals surface area contributed by atoms with Gasteiger partial charge in [-0.15, -0.1) is 0 Å². The Morgan fingerprint density at radius 1 is 1.45 bits per heavy atom. The number of rotatable bonds is 0. The molecule has 0 aliphatic carbocycles. The van der Waals surface area contributed by atoms with Gasteiger partial charge in [0, 0.05) is 0 Å². The van der Waals surface area contributed by atoms with Crippen molar-refractivity contribution in [2.45, 2.75) is 17.8 Å². The van der Waals surface area contributed by atoms with Gasteiger partial charge in [-0.2, -0.15) is 13.2 Å². The number of ether oxygens (including phenoxy) is 1. The molecule has 0 aromatic rings. The fourth-order valence-corrected chi connectivity index (χ4v) is 1.21. The molecule has 0 amide bonds. The third-order valence-electron chi connectivity index (χ3n) is 0.993. The van der Waals surface area contributed by atoms with E-state index in [1.165, 1.54) is 0 Å². The lowest BCUT2D eigenvalue weighted by atomic mass is 10.4. The Balaban J connectivity index is 2.67. The van der Waals surface area contributed by atoms with Gasteiger partial charge in [0.1, 0.15) is 0 Å². The highest BCUT2D eigenvalue weighted by molar-refractivity contribution is 8.14. The van der Waals surface area contributed by atoms with Crippen molar-refractivity contribution in [2.24, 2.45) is 0 Å². The highest BCUT2D eigenvalue weighted by Crippen LogP contribution is 2.40. The zero-order valence-corrected chi connectivity index (χ0v) is 5.71. The van der Waals surface area contributed by atoms with Gasteiger partial charge in [-0.25, -0.2) is 9.18 Å². The normalized spacial score (nSPS) is 32.2. The number of cyclic esters (lactones) is 1. The molecule has 0 aromatic heterocycles. The zero-order chi connectivity index (χ0) is 8.65. The minimum absolute atomic E-state index is 0.181. The molecule has 0 N–H and O–H groups in total.